The van der Waals surface area contributed by atoms with Crippen molar-refractivity contribution in [3.63, 3.8) is 0 Å². The zero-order valence-electron chi connectivity index (χ0n) is 10.0. The molecule has 1 aliphatic heterocycles. The Bertz CT molecular complexity index is 366. The van der Waals surface area contributed by atoms with Gasteiger partial charge in [-0.1, -0.05) is 24.7 Å². The predicted octanol–water partition coefficient (Wildman–Crippen LogP) is 1.76. The summed E-state index contributed by atoms with van der Waals surface area (Å²) in [7, 11) is 0. The topological polar surface area (TPSA) is 42.1 Å². The molecular weight excluding hydrogens is 230 g/mol. The quantitative estimate of drug-likeness (QED) is 0.826. The first-order valence-electron chi connectivity index (χ1n) is 6.20. The molecule has 0 aromatic carbocycles. The highest BCUT2D eigenvalue weighted by atomic mass is 32.1. The highest BCUT2D eigenvalue weighted by Gasteiger charge is 2.23. The van der Waals surface area contributed by atoms with E-state index in [0.717, 1.165) is 31.6 Å². The van der Waals surface area contributed by atoms with Crippen LogP contribution in [0.4, 0.5) is 0 Å². The van der Waals surface area contributed by atoms with E-state index in [9.17, 15) is 0 Å². The van der Waals surface area contributed by atoms with Crippen LogP contribution in [0.5, 0.6) is 0 Å². The maximum Gasteiger partial charge on any atom is 0.0902 e. The Morgan fingerprint density at radius 3 is 3.06 bits per heavy atom. The van der Waals surface area contributed by atoms with Crippen molar-refractivity contribution >= 4 is 17.2 Å². The van der Waals surface area contributed by atoms with E-state index >= 15 is 0 Å². The monoisotopic (exact) mass is 249 g/mol. The zero-order valence-corrected chi connectivity index (χ0v) is 10.8. The van der Waals surface area contributed by atoms with Gasteiger partial charge in [-0.05, 0) is 31.5 Å². The van der Waals surface area contributed by atoms with Gasteiger partial charge in [-0.3, -0.25) is 9.88 Å². The van der Waals surface area contributed by atoms with Crippen LogP contribution in [0.15, 0.2) is 24.4 Å². The average Bonchev–Trinajstić information content (AvgIpc) is 2.38. The van der Waals surface area contributed by atoms with Crippen LogP contribution in [-0.4, -0.2) is 34.0 Å². The number of piperidine rings is 1. The molecule has 1 fully saturated rings. The third kappa shape index (κ3) is 3.48. The first kappa shape index (κ1) is 12.5. The molecule has 0 aliphatic carbocycles. The van der Waals surface area contributed by atoms with Crippen LogP contribution in [0.1, 0.15) is 25.0 Å². The third-order valence-electron chi connectivity index (χ3n) is 3.32. The zero-order chi connectivity index (χ0) is 12.1. The molecule has 0 spiro atoms. The lowest BCUT2D eigenvalue weighted by atomic mass is 10.0. The van der Waals surface area contributed by atoms with Crippen molar-refractivity contribution in [2.75, 3.05) is 13.1 Å². The van der Waals surface area contributed by atoms with E-state index in [-0.39, 0.29) is 0 Å². The summed E-state index contributed by atoms with van der Waals surface area (Å²) in [6.45, 7) is 2.11. The third-order valence-corrected chi connectivity index (χ3v) is 3.60. The fraction of sp³-hybridized carbons (Fsp3) is 0.538. The lowest BCUT2D eigenvalue weighted by Crippen LogP contribution is -2.47. The average molecular weight is 249 g/mol. The van der Waals surface area contributed by atoms with Crippen molar-refractivity contribution in [2.24, 2.45) is 5.73 Å². The minimum atomic E-state index is 0.294. The molecule has 1 saturated heterocycles. The number of nitrogens with two attached hydrogens (primary N) is 1. The molecule has 0 radical (unpaired) electrons. The Labute approximate surface area is 108 Å². The molecule has 1 unspecified atom stereocenters. The first-order chi connectivity index (χ1) is 8.27. The van der Waals surface area contributed by atoms with Gasteiger partial charge in [0.1, 0.15) is 0 Å². The number of thiocarbonyl (C=S) groups is 1. The fourth-order valence-corrected chi connectivity index (χ4v) is 2.65. The van der Waals surface area contributed by atoms with Gasteiger partial charge in [-0.2, -0.15) is 0 Å². The summed E-state index contributed by atoms with van der Waals surface area (Å²) in [5.41, 5.74) is 6.94. The molecular formula is C13H19N3S. The number of likely N-dealkylation sites (tertiary alicyclic amines) is 1. The number of rotatable bonds is 4. The second-order valence-corrected chi connectivity index (χ2v) is 4.99. The number of hydrogen-bond acceptors (Lipinski definition) is 3. The summed E-state index contributed by atoms with van der Waals surface area (Å²) in [4.78, 5) is 7.39. The Kier molecular flexibility index (Phi) is 4.45. The molecule has 0 saturated carbocycles. The van der Waals surface area contributed by atoms with E-state index in [4.69, 9.17) is 18.0 Å². The maximum atomic E-state index is 5.80. The van der Waals surface area contributed by atoms with Crippen molar-refractivity contribution < 1.29 is 0 Å². The highest BCUT2D eigenvalue weighted by molar-refractivity contribution is 7.80. The molecule has 0 bridgehead atoms. The van der Waals surface area contributed by atoms with Crippen molar-refractivity contribution in [1.82, 2.24) is 9.88 Å². The largest absolute Gasteiger partial charge is 0.392 e. The Balaban J connectivity index is 1.90. The van der Waals surface area contributed by atoms with Crippen molar-refractivity contribution in [2.45, 2.75) is 31.7 Å². The fourth-order valence-electron chi connectivity index (χ4n) is 2.38. The van der Waals surface area contributed by atoms with E-state index < -0.39 is 0 Å². The highest BCUT2D eigenvalue weighted by Crippen LogP contribution is 2.17. The van der Waals surface area contributed by atoms with Gasteiger partial charge in [-0.15, -0.1) is 0 Å². The first-order valence-corrected chi connectivity index (χ1v) is 6.61. The van der Waals surface area contributed by atoms with Gasteiger partial charge < -0.3 is 5.73 Å². The SMILES string of the molecule is NC(=S)C1CCCCN1CCc1ccccn1. The van der Waals surface area contributed by atoms with Crippen LogP contribution < -0.4 is 5.73 Å². The normalized spacial score (nSPS) is 21.3. The van der Waals surface area contributed by atoms with E-state index in [1.807, 2.05) is 18.3 Å². The smallest absolute Gasteiger partial charge is 0.0902 e. The molecule has 17 heavy (non-hydrogen) atoms. The Morgan fingerprint density at radius 1 is 1.47 bits per heavy atom. The van der Waals surface area contributed by atoms with E-state index in [0.29, 0.717) is 11.0 Å². The van der Waals surface area contributed by atoms with Crippen LogP contribution >= 0.6 is 12.2 Å². The van der Waals surface area contributed by atoms with Crippen molar-refractivity contribution in [1.29, 1.82) is 0 Å². The lowest BCUT2D eigenvalue weighted by molar-refractivity contribution is 0.194. The summed E-state index contributed by atoms with van der Waals surface area (Å²) < 4.78 is 0. The second kappa shape index (κ2) is 6.07. The summed E-state index contributed by atoms with van der Waals surface area (Å²) in [6.07, 6.45) is 6.41. The standard InChI is InChI=1S/C13H19N3S/c14-13(17)12-6-2-4-9-16(12)10-7-11-5-1-3-8-15-11/h1,3,5,8,12H,2,4,6-7,9-10H2,(H2,14,17). The minimum absolute atomic E-state index is 0.294. The van der Waals surface area contributed by atoms with Gasteiger partial charge in [0.05, 0.1) is 11.0 Å². The molecule has 1 aromatic heterocycles. The van der Waals surface area contributed by atoms with Gasteiger partial charge >= 0.3 is 0 Å². The molecule has 3 nitrogen and oxygen atoms in total. The molecule has 92 valence electrons. The van der Waals surface area contributed by atoms with E-state index in [1.54, 1.807) is 0 Å². The van der Waals surface area contributed by atoms with Gasteiger partial charge in [-0.25, -0.2) is 0 Å². The number of hydrogen-bond donors (Lipinski definition) is 1. The number of aromatic nitrogens is 1. The summed E-state index contributed by atoms with van der Waals surface area (Å²) in [6, 6.07) is 6.34. The van der Waals surface area contributed by atoms with Crippen LogP contribution in [0.3, 0.4) is 0 Å². The summed E-state index contributed by atoms with van der Waals surface area (Å²) in [5, 5.41) is 0. The Hall–Kier alpha value is -1.00. The van der Waals surface area contributed by atoms with E-state index in [2.05, 4.69) is 16.0 Å². The minimum Gasteiger partial charge on any atom is -0.392 e. The van der Waals surface area contributed by atoms with Crippen LogP contribution in [-0.2, 0) is 6.42 Å². The molecule has 2 heterocycles. The van der Waals surface area contributed by atoms with Crippen LogP contribution in [0, 0.1) is 0 Å². The van der Waals surface area contributed by atoms with Gasteiger partial charge in [0.15, 0.2) is 0 Å². The molecule has 1 atom stereocenters. The summed E-state index contributed by atoms with van der Waals surface area (Å²) in [5.74, 6) is 0. The molecule has 4 heteroatoms. The molecule has 2 N–H and O–H groups in total. The van der Waals surface area contributed by atoms with E-state index in [1.165, 1.54) is 12.8 Å². The van der Waals surface area contributed by atoms with Crippen molar-refractivity contribution in [3.05, 3.63) is 30.1 Å². The van der Waals surface area contributed by atoms with Crippen molar-refractivity contribution in [3.8, 4) is 0 Å². The van der Waals surface area contributed by atoms with Crippen LogP contribution in [0.2, 0.25) is 0 Å². The van der Waals surface area contributed by atoms with Gasteiger partial charge in [0, 0.05) is 24.9 Å². The molecule has 0 amide bonds. The predicted molar refractivity (Wildman–Crippen MR) is 73.9 cm³/mol. The lowest BCUT2D eigenvalue weighted by Gasteiger charge is -2.34. The van der Waals surface area contributed by atoms with Crippen LogP contribution in [0.25, 0.3) is 0 Å². The van der Waals surface area contributed by atoms with Gasteiger partial charge in [0.2, 0.25) is 0 Å². The molecule has 1 aromatic rings. The summed E-state index contributed by atoms with van der Waals surface area (Å²) >= 11 is 5.14. The number of nitrogens with zero attached hydrogens (tertiary/aromatic N) is 2. The Morgan fingerprint density at radius 2 is 2.35 bits per heavy atom. The second-order valence-electron chi connectivity index (χ2n) is 4.52. The van der Waals surface area contributed by atoms with Gasteiger partial charge in [0.25, 0.3) is 0 Å². The maximum absolute atomic E-state index is 5.80. The molecule has 2 rings (SSSR count). The number of pyridine rings is 1. The molecule has 1 aliphatic rings.